The number of esters is 1. The van der Waals surface area contributed by atoms with Gasteiger partial charge in [0, 0.05) is 18.7 Å². The van der Waals surface area contributed by atoms with Gasteiger partial charge in [-0.3, -0.25) is 4.79 Å². The van der Waals surface area contributed by atoms with Crippen LogP contribution in [0, 0.1) is 0 Å². The fraction of sp³-hybridized carbons (Fsp3) is 0.600. The van der Waals surface area contributed by atoms with Crippen molar-refractivity contribution in [3.8, 4) is 0 Å². The smallest absolute Gasteiger partial charge is 0.332 e. The van der Waals surface area contributed by atoms with Gasteiger partial charge in [0.25, 0.3) is 5.91 Å². The maximum absolute atomic E-state index is 13.2. The number of cyclic esters (lactones) is 1. The van der Waals surface area contributed by atoms with Crippen LogP contribution in [0.15, 0.2) is 29.2 Å². The molecular formula is C20H26N2O5S. The number of carbonyl (C=O) groups is 2. The molecule has 0 aromatic heterocycles. The molecule has 2 saturated heterocycles. The summed E-state index contributed by atoms with van der Waals surface area (Å²) in [6.45, 7) is 1.66. The summed E-state index contributed by atoms with van der Waals surface area (Å²) >= 11 is 0. The quantitative estimate of drug-likeness (QED) is 0.719. The van der Waals surface area contributed by atoms with E-state index in [0.717, 1.165) is 32.1 Å². The third kappa shape index (κ3) is 3.22. The highest BCUT2D eigenvalue weighted by molar-refractivity contribution is 7.89. The van der Waals surface area contributed by atoms with Crippen molar-refractivity contribution in [1.82, 2.24) is 9.21 Å². The first-order valence-corrected chi connectivity index (χ1v) is 11.5. The van der Waals surface area contributed by atoms with Crippen molar-refractivity contribution in [3.05, 3.63) is 29.8 Å². The van der Waals surface area contributed by atoms with E-state index in [0.29, 0.717) is 38.0 Å². The molecule has 0 radical (unpaired) electrons. The van der Waals surface area contributed by atoms with E-state index < -0.39 is 15.6 Å². The molecule has 1 aromatic rings. The minimum absolute atomic E-state index is 0.202. The largest absolute Gasteiger partial charge is 0.462 e. The van der Waals surface area contributed by atoms with Crippen molar-refractivity contribution in [3.63, 3.8) is 0 Å². The second-order valence-corrected chi connectivity index (χ2v) is 9.76. The Hall–Kier alpha value is -1.93. The number of hydrogen-bond acceptors (Lipinski definition) is 5. The van der Waals surface area contributed by atoms with E-state index in [1.807, 2.05) is 0 Å². The normalized spacial score (nSPS) is 23.0. The van der Waals surface area contributed by atoms with Crippen LogP contribution in [0.1, 0.15) is 55.3 Å². The van der Waals surface area contributed by atoms with Crippen LogP contribution in [0.2, 0.25) is 0 Å². The molecule has 0 unspecified atom stereocenters. The molecular weight excluding hydrogens is 380 g/mol. The molecule has 1 spiro atoms. The predicted octanol–water partition coefficient (Wildman–Crippen LogP) is 2.17. The first kappa shape index (κ1) is 19.4. The predicted molar refractivity (Wildman–Crippen MR) is 102 cm³/mol. The van der Waals surface area contributed by atoms with Crippen molar-refractivity contribution >= 4 is 21.9 Å². The number of rotatable bonds is 3. The summed E-state index contributed by atoms with van der Waals surface area (Å²) < 4.78 is 32.1. The molecule has 1 saturated carbocycles. The highest BCUT2D eigenvalue weighted by atomic mass is 32.2. The average Bonchev–Trinajstić information content (AvgIpc) is 3.26. The molecule has 152 valence electrons. The monoisotopic (exact) mass is 406 g/mol. The van der Waals surface area contributed by atoms with Crippen LogP contribution < -0.4 is 0 Å². The average molecular weight is 407 g/mol. The Bertz CT molecular complexity index is 853. The zero-order valence-corrected chi connectivity index (χ0v) is 16.7. The van der Waals surface area contributed by atoms with Crippen molar-refractivity contribution in [2.24, 2.45) is 0 Å². The lowest BCUT2D eigenvalue weighted by Crippen LogP contribution is -2.62. The van der Waals surface area contributed by atoms with Gasteiger partial charge in [0.05, 0.1) is 11.4 Å². The summed E-state index contributed by atoms with van der Waals surface area (Å²) in [5.74, 6) is -0.538. The van der Waals surface area contributed by atoms with Crippen LogP contribution >= 0.6 is 0 Å². The van der Waals surface area contributed by atoms with E-state index in [4.69, 9.17) is 4.74 Å². The third-order valence-corrected chi connectivity index (χ3v) is 8.09. The van der Waals surface area contributed by atoms with E-state index in [2.05, 4.69) is 0 Å². The van der Waals surface area contributed by atoms with Gasteiger partial charge in [-0.05, 0) is 49.9 Å². The minimum atomic E-state index is -3.51. The maximum Gasteiger partial charge on any atom is 0.332 e. The van der Waals surface area contributed by atoms with Gasteiger partial charge in [0.15, 0.2) is 0 Å². The van der Waals surface area contributed by atoms with Crippen molar-refractivity contribution in [2.45, 2.75) is 55.4 Å². The van der Waals surface area contributed by atoms with Crippen LogP contribution in [-0.2, 0) is 19.6 Å². The number of hydrogen-bond donors (Lipinski definition) is 0. The van der Waals surface area contributed by atoms with E-state index in [9.17, 15) is 18.0 Å². The summed E-state index contributed by atoms with van der Waals surface area (Å²) in [5.41, 5.74) is -0.464. The Morgan fingerprint density at radius 3 is 2.21 bits per heavy atom. The van der Waals surface area contributed by atoms with E-state index in [1.165, 1.54) is 16.4 Å². The summed E-state index contributed by atoms with van der Waals surface area (Å²) in [4.78, 5) is 27.6. The highest BCUT2D eigenvalue weighted by Crippen LogP contribution is 2.37. The lowest BCUT2D eigenvalue weighted by atomic mass is 9.79. The van der Waals surface area contributed by atoms with Crippen LogP contribution in [-0.4, -0.2) is 61.3 Å². The van der Waals surface area contributed by atoms with E-state index in [1.54, 1.807) is 17.0 Å². The van der Waals surface area contributed by atoms with Crippen molar-refractivity contribution < 1.29 is 22.7 Å². The number of ether oxygens (including phenoxy) is 1. The lowest BCUT2D eigenvalue weighted by Gasteiger charge is -2.47. The molecule has 1 amide bonds. The van der Waals surface area contributed by atoms with Gasteiger partial charge in [-0.2, -0.15) is 4.31 Å². The standard InChI is InChI=1S/C20H26N2O5S/c23-18(22-14-15-27-19(24)20(22)10-2-1-3-11-20)16-6-8-17(9-7-16)28(25,26)21-12-4-5-13-21/h6-9H,1-5,10-15H2. The van der Waals surface area contributed by atoms with Gasteiger partial charge in [-0.15, -0.1) is 0 Å². The molecule has 0 N–H and O–H groups in total. The molecule has 2 heterocycles. The highest BCUT2D eigenvalue weighted by Gasteiger charge is 2.50. The van der Waals surface area contributed by atoms with Crippen LogP contribution in [0.3, 0.4) is 0 Å². The van der Waals surface area contributed by atoms with E-state index >= 15 is 0 Å². The molecule has 0 atom stereocenters. The zero-order chi connectivity index (χ0) is 19.8. The second-order valence-electron chi connectivity index (χ2n) is 7.82. The van der Waals surface area contributed by atoms with Crippen molar-refractivity contribution in [2.75, 3.05) is 26.2 Å². The van der Waals surface area contributed by atoms with Gasteiger partial charge in [-0.1, -0.05) is 19.3 Å². The fourth-order valence-electron chi connectivity index (χ4n) is 4.60. The molecule has 28 heavy (non-hydrogen) atoms. The Morgan fingerprint density at radius 1 is 0.929 bits per heavy atom. The van der Waals surface area contributed by atoms with Gasteiger partial charge in [0.2, 0.25) is 10.0 Å². The number of nitrogens with zero attached hydrogens (tertiary/aromatic N) is 2. The first-order valence-electron chi connectivity index (χ1n) is 10.0. The number of sulfonamides is 1. The molecule has 0 bridgehead atoms. The van der Waals surface area contributed by atoms with Gasteiger partial charge in [-0.25, -0.2) is 13.2 Å². The molecule has 7 nitrogen and oxygen atoms in total. The van der Waals surface area contributed by atoms with Gasteiger partial charge >= 0.3 is 5.97 Å². The molecule has 3 fully saturated rings. The number of amides is 1. The first-order chi connectivity index (χ1) is 13.4. The van der Waals surface area contributed by atoms with Crippen LogP contribution in [0.25, 0.3) is 0 Å². The Balaban J connectivity index is 1.58. The SMILES string of the molecule is O=C(c1ccc(S(=O)(=O)N2CCCC2)cc1)N1CCOC(=O)C12CCCCC2. The van der Waals surface area contributed by atoms with Gasteiger partial charge < -0.3 is 9.64 Å². The van der Waals surface area contributed by atoms with E-state index in [-0.39, 0.29) is 23.4 Å². The number of benzene rings is 1. The van der Waals surface area contributed by atoms with Crippen molar-refractivity contribution in [1.29, 1.82) is 0 Å². The Morgan fingerprint density at radius 2 is 1.57 bits per heavy atom. The molecule has 8 heteroatoms. The zero-order valence-electron chi connectivity index (χ0n) is 15.9. The van der Waals surface area contributed by atoms with Gasteiger partial charge in [0.1, 0.15) is 12.1 Å². The second kappa shape index (κ2) is 7.48. The molecule has 1 aliphatic carbocycles. The summed E-state index contributed by atoms with van der Waals surface area (Å²) in [6, 6.07) is 6.11. The summed E-state index contributed by atoms with van der Waals surface area (Å²) in [7, 11) is -3.51. The maximum atomic E-state index is 13.2. The molecule has 2 aliphatic heterocycles. The molecule has 3 aliphatic rings. The number of morpholine rings is 1. The Labute approximate surface area is 165 Å². The fourth-order valence-corrected chi connectivity index (χ4v) is 6.11. The molecule has 4 rings (SSSR count). The number of carbonyl (C=O) groups excluding carboxylic acids is 2. The van der Waals surface area contributed by atoms with Crippen LogP contribution in [0.4, 0.5) is 0 Å². The van der Waals surface area contributed by atoms with Crippen LogP contribution in [0.5, 0.6) is 0 Å². The molecule has 1 aromatic carbocycles. The summed E-state index contributed by atoms with van der Waals surface area (Å²) in [6.07, 6.45) is 5.85. The third-order valence-electron chi connectivity index (χ3n) is 6.17. The minimum Gasteiger partial charge on any atom is -0.462 e. The lowest BCUT2D eigenvalue weighted by molar-refractivity contribution is -0.168. The Kier molecular flexibility index (Phi) is 5.18. The topological polar surface area (TPSA) is 84.0 Å². The summed E-state index contributed by atoms with van der Waals surface area (Å²) in [5, 5.41) is 0.